The summed E-state index contributed by atoms with van der Waals surface area (Å²) in [5.74, 6) is 0.270. The van der Waals surface area contributed by atoms with Gasteiger partial charge in [0.25, 0.3) is 11.5 Å². The minimum absolute atomic E-state index is 0.189. The lowest BCUT2D eigenvalue weighted by molar-refractivity contribution is 0.0946. The van der Waals surface area contributed by atoms with Gasteiger partial charge in [-0.25, -0.2) is 4.79 Å². The molecule has 0 aliphatic rings. The third-order valence-electron chi connectivity index (χ3n) is 5.81. The number of aromatic nitrogens is 2. The van der Waals surface area contributed by atoms with Crippen molar-refractivity contribution in [3.63, 3.8) is 0 Å². The van der Waals surface area contributed by atoms with Crippen molar-refractivity contribution in [2.45, 2.75) is 52.5 Å². The van der Waals surface area contributed by atoms with Crippen LogP contribution in [0, 0.1) is 5.92 Å². The Balaban J connectivity index is 1.76. The van der Waals surface area contributed by atoms with E-state index in [0.717, 1.165) is 31.2 Å². The number of fused-ring (bicyclic) bond motifs is 1. The summed E-state index contributed by atoms with van der Waals surface area (Å²) in [7, 11) is 0. The highest BCUT2D eigenvalue weighted by Crippen LogP contribution is 2.13. The number of hydrogen-bond acceptors (Lipinski definition) is 3. The Kier molecular flexibility index (Phi) is 7.82. The summed E-state index contributed by atoms with van der Waals surface area (Å²) in [5, 5.41) is 3.39. The van der Waals surface area contributed by atoms with E-state index in [2.05, 4.69) is 24.1 Å². The zero-order chi connectivity index (χ0) is 22.2. The van der Waals surface area contributed by atoms with Crippen LogP contribution in [0.1, 0.15) is 55.5 Å². The summed E-state index contributed by atoms with van der Waals surface area (Å²) in [6.45, 7) is 5.23. The van der Waals surface area contributed by atoms with Crippen molar-refractivity contribution in [1.82, 2.24) is 14.9 Å². The van der Waals surface area contributed by atoms with Crippen LogP contribution < -0.4 is 16.6 Å². The van der Waals surface area contributed by atoms with E-state index in [1.807, 2.05) is 30.3 Å². The highest BCUT2D eigenvalue weighted by Gasteiger charge is 2.13. The smallest absolute Gasteiger partial charge is 0.328 e. The molecule has 0 saturated heterocycles. The van der Waals surface area contributed by atoms with Crippen LogP contribution in [0.3, 0.4) is 0 Å². The second-order valence-corrected chi connectivity index (χ2v) is 8.01. The second kappa shape index (κ2) is 10.8. The van der Waals surface area contributed by atoms with Crippen LogP contribution in [0.15, 0.2) is 58.1 Å². The molecule has 0 aliphatic heterocycles. The van der Waals surface area contributed by atoms with Gasteiger partial charge in [0, 0.05) is 18.7 Å². The van der Waals surface area contributed by atoms with E-state index in [4.69, 9.17) is 0 Å². The molecule has 0 fully saturated rings. The molecule has 1 atom stereocenters. The van der Waals surface area contributed by atoms with Crippen LogP contribution >= 0.6 is 0 Å². The standard InChI is InChI=1S/C25H31N3O3/c1-3-5-9-18(4-2)17-26-23(29)20-12-13-21-22(16-20)27-25(31)28(24(21)30)15-14-19-10-7-6-8-11-19/h6-8,10-13,16,18H,3-5,9,14-15,17H2,1-2H3,(H,26,29)(H,27,31)/t18-/m0/s1. The van der Waals surface area contributed by atoms with Gasteiger partial charge in [-0.15, -0.1) is 0 Å². The topological polar surface area (TPSA) is 84.0 Å². The average molecular weight is 422 g/mol. The van der Waals surface area contributed by atoms with Gasteiger partial charge in [-0.1, -0.05) is 63.4 Å². The van der Waals surface area contributed by atoms with Crippen molar-refractivity contribution in [3.05, 3.63) is 80.5 Å². The molecule has 2 aromatic carbocycles. The maximum Gasteiger partial charge on any atom is 0.328 e. The predicted molar refractivity (Wildman–Crippen MR) is 125 cm³/mol. The van der Waals surface area contributed by atoms with Gasteiger partial charge >= 0.3 is 5.69 Å². The lowest BCUT2D eigenvalue weighted by atomic mass is 9.99. The maximum absolute atomic E-state index is 12.8. The van der Waals surface area contributed by atoms with E-state index in [9.17, 15) is 14.4 Å². The first-order valence-electron chi connectivity index (χ1n) is 11.1. The molecule has 3 aromatic rings. The molecule has 6 heteroatoms. The number of hydrogen-bond donors (Lipinski definition) is 2. The number of amides is 1. The highest BCUT2D eigenvalue weighted by atomic mass is 16.2. The molecule has 1 amide bonds. The number of nitrogens with zero attached hydrogens (tertiary/aromatic N) is 1. The first-order chi connectivity index (χ1) is 15.0. The fraction of sp³-hybridized carbons (Fsp3) is 0.400. The Morgan fingerprint density at radius 3 is 2.58 bits per heavy atom. The van der Waals surface area contributed by atoms with Gasteiger partial charge in [0.2, 0.25) is 0 Å². The lowest BCUT2D eigenvalue weighted by Gasteiger charge is -2.15. The van der Waals surface area contributed by atoms with Crippen LogP contribution in [-0.4, -0.2) is 22.0 Å². The number of benzene rings is 2. The van der Waals surface area contributed by atoms with Crippen molar-refractivity contribution in [3.8, 4) is 0 Å². The number of rotatable bonds is 10. The Bertz CT molecular complexity index is 1130. The molecule has 0 bridgehead atoms. The van der Waals surface area contributed by atoms with Gasteiger partial charge < -0.3 is 10.3 Å². The van der Waals surface area contributed by atoms with Gasteiger partial charge in [-0.05, 0) is 42.5 Å². The summed E-state index contributed by atoms with van der Waals surface area (Å²) in [4.78, 5) is 40.7. The summed E-state index contributed by atoms with van der Waals surface area (Å²) in [6, 6.07) is 14.6. The van der Waals surface area contributed by atoms with Crippen molar-refractivity contribution in [2.24, 2.45) is 5.92 Å². The van der Waals surface area contributed by atoms with Gasteiger partial charge in [-0.2, -0.15) is 0 Å². The zero-order valence-corrected chi connectivity index (χ0v) is 18.3. The molecule has 164 valence electrons. The van der Waals surface area contributed by atoms with E-state index < -0.39 is 5.69 Å². The average Bonchev–Trinajstić information content (AvgIpc) is 2.79. The SMILES string of the molecule is CCCC[C@H](CC)CNC(=O)c1ccc2c(=O)n(CCc3ccccc3)c(=O)[nH]c2c1. The molecule has 0 aliphatic carbocycles. The van der Waals surface area contributed by atoms with Crippen molar-refractivity contribution < 1.29 is 4.79 Å². The minimum Gasteiger partial charge on any atom is -0.352 e. The number of aromatic amines is 1. The molecular formula is C25H31N3O3. The molecule has 2 N–H and O–H groups in total. The quantitative estimate of drug-likeness (QED) is 0.521. The molecule has 0 radical (unpaired) electrons. The zero-order valence-electron chi connectivity index (χ0n) is 18.3. The Morgan fingerprint density at radius 1 is 1.10 bits per heavy atom. The number of H-pyrrole nitrogens is 1. The highest BCUT2D eigenvalue weighted by molar-refractivity contribution is 5.97. The Labute approximate surface area is 182 Å². The summed E-state index contributed by atoms with van der Waals surface area (Å²) < 4.78 is 1.22. The van der Waals surface area contributed by atoms with Crippen molar-refractivity contribution in [2.75, 3.05) is 6.54 Å². The van der Waals surface area contributed by atoms with E-state index >= 15 is 0 Å². The van der Waals surface area contributed by atoms with E-state index in [-0.39, 0.29) is 11.5 Å². The Morgan fingerprint density at radius 2 is 1.87 bits per heavy atom. The predicted octanol–water partition coefficient (Wildman–Crippen LogP) is 3.88. The molecule has 1 aromatic heterocycles. The molecular weight excluding hydrogens is 390 g/mol. The van der Waals surface area contributed by atoms with E-state index in [0.29, 0.717) is 41.9 Å². The van der Waals surface area contributed by atoms with Crippen LogP contribution in [0.25, 0.3) is 10.9 Å². The molecule has 0 spiro atoms. The molecule has 6 nitrogen and oxygen atoms in total. The monoisotopic (exact) mass is 421 g/mol. The van der Waals surface area contributed by atoms with Crippen LogP contribution in [-0.2, 0) is 13.0 Å². The molecule has 0 unspecified atom stereocenters. The van der Waals surface area contributed by atoms with Crippen LogP contribution in [0.5, 0.6) is 0 Å². The molecule has 31 heavy (non-hydrogen) atoms. The lowest BCUT2D eigenvalue weighted by Crippen LogP contribution is -2.35. The van der Waals surface area contributed by atoms with Crippen LogP contribution in [0.2, 0.25) is 0 Å². The molecule has 0 saturated carbocycles. The summed E-state index contributed by atoms with van der Waals surface area (Å²) >= 11 is 0. The normalized spacial score (nSPS) is 12.1. The number of unbranched alkanes of at least 4 members (excludes halogenated alkanes) is 1. The molecule has 3 rings (SSSR count). The second-order valence-electron chi connectivity index (χ2n) is 8.01. The van der Waals surface area contributed by atoms with Gasteiger partial charge in [0.15, 0.2) is 0 Å². The largest absolute Gasteiger partial charge is 0.352 e. The third kappa shape index (κ3) is 5.72. The van der Waals surface area contributed by atoms with Gasteiger partial charge in [-0.3, -0.25) is 14.2 Å². The summed E-state index contributed by atoms with van der Waals surface area (Å²) in [6.07, 6.45) is 5.01. The van der Waals surface area contributed by atoms with Crippen molar-refractivity contribution >= 4 is 16.8 Å². The minimum atomic E-state index is -0.461. The van der Waals surface area contributed by atoms with Crippen molar-refractivity contribution in [1.29, 1.82) is 0 Å². The first-order valence-corrected chi connectivity index (χ1v) is 11.1. The number of carbonyl (C=O) groups excluding carboxylic acids is 1. The van der Waals surface area contributed by atoms with E-state index in [1.165, 1.54) is 4.57 Å². The van der Waals surface area contributed by atoms with Gasteiger partial charge in [0.1, 0.15) is 0 Å². The number of nitrogens with one attached hydrogen (secondary N) is 2. The third-order valence-corrected chi connectivity index (χ3v) is 5.81. The molecule has 1 heterocycles. The van der Waals surface area contributed by atoms with Gasteiger partial charge in [0.05, 0.1) is 10.9 Å². The number of aryl methyl sites for hydroxylation is 1. The van der Waals surface area contributed by atoms with E-state index in [1.54, 1.807) is 18.2 Å². The fourth-order valence-corrected chi connectivity index (χ4v) is 3.77. The number of carbonyl (C=O) groups is 1. The van der Waals surface area contributed by atoms with Crippen LogP contribution in [0.4, 0.5) is 0 Å². The summed E-state index contributed by atoms with van der Waals surface area (Å²) in [5.41, 5.74) is 1.08. The fourth-order valence-electron chi connectivity index (χ4n) is 3.77. The first kappa shape index (κ1) is 22.5. The maximum atomic E-state index is 12.8. The Hall–Kier alpha value is -3.15.